The van der Waals surface area contributed by atoms with Crippen LogP contribution in [0.3, 0.4) is 0 Å². The number of hydrazone groups is 1. The van der Waals surface area contributed by atoms with Gasteiger partial charge in [0.2, 0.25) is 0 Å². The number of ether oxygens (including phenoxy) is 1. The van der Waals surface area contributed by atoms with E-state index in [-0.39, 0.29) is 18.9 Å². The molecular formula is C15H21N5O5. The second-order valence-corrected chi connectivity index (χ2v) is 5.21. The molecule has 1 aromatic rings. The topological polar surface area (TPSA) is 149 Å². The smallest absolute Gasteiger partial charge is 0.328 e. The molecule has 0 unspecified atom stereocenters. The Morgan fingerprint density at radius 1 is 1.36 bits per heavy atom. The lowest BCUT2D eigenvalue weighted by atomic mass is 10.1. The molecule has 0 saturated carbocycles. The van der Waals surface area contributed by atoms with Gasteiger partial charge in [0.1, 0.15) is 11.1 Å². The average Bonchev–Trinajstić information content (AvgIpc) is 2.56. The van der Waals surface area contributed by atoms with Crippen LogP contribution in [0.15, 0.2) is 29.4 Å². The molecule has 0 radical (unpaired) electrons. The van der Waals surface area contributed by atoms with E-state index in [1.165, 1.54) is 7.11 Å². The number of nitrogens with zero attached hydrogens (tertiary/aromatic N) is 2. The highest BCUT2D eigenvalue weighted by atomic mass is 16.7. The molecule has 0 spiro atoms. The molecule has 0 fully saturated rings. The van der Waals surface area contributed by atoms with Gasteiger partial charge in [-0.1, -0.05) is 17.7 Å². The highest BCUT2D eigenvalue weighted by Gasteiger charge is 2.21. The third kappa shape index (κ3) is 7.29. The molecule has 0 aliphatic heterocycles. The summed E-state index contributed by atoms with van der Waals surface area (Å²) in [5, 5.41) is 17.3. The van der Waals surface area contributed by atoms with Crippen LogP contribution in [-0.2, 0) is 9.53 Å². The molecule has 0 aliphatic carbocycles. The molecule has 1 amide bonds. The van der Waals surface area contributed by atoms with Crippen LogP contribution in [0, 0.1) is 17.0 Å². The largest absolute Gasteiger partial charge is 0.467 e. The van der Waals surface area contributed by atoms with E-state index in [1.807, 2.05) is 6.92 Å². The number of benzene rings is 1. The number of hydrogen-bond donors (Lipinski definition) is 3. The Morgan fingerprint density at radius 2 is 2.00 bits per heavy atom. The molecule has 136 valence electrons. The molecule has 0 bridgehead atoms. The minimum Gasteiger partial charge on any atom is -0.467 e. The summed E-state index contributed by atoms with van der Waals surface area (Å²) < 4.78 is 4.69. The molecular weight excluding hydrogens is 330 g/mol. The Labute approximate surface area is 144 Å². The van der Waals surface area contributed by atoms with Crippen LogP contribution in [0.2, 0.25) is 0 Å². The van der Waals surface area contributed by atoms with Gasteiger partial charge in [0.15, 0.2) is 5.03 Å². The molecule has 1 rings (SSSR count). The Hall–Kier alpha value is -3.17. The predicted molar refractivity (Wildman–Crippen MR) is 90.3 cm³/mol. The highest BCUT2D eigenvalue weighted by Crippen LogP contribution is 2.06. The summed E-state index contributed by atoms with van der Waals surface area (Å²) in [4.78, 5) is 34.2. The molecule has 10 nitrogen and oxygen atoms in total. The van der Waals surface area contributed by atoms with E-state index in [4.69, 9.17) is 5.73 Å². The molecule has 10 heteroatoms. The number of carbonyl (C=O) groups is 2. The molecule has 0 saturated heterocycles. The second kappa shape index (κ2) is 9.85. The number of nitrogens with one attached hydrogen (secondary N) is 2. The van der Waals surface area contributed by atoms with Gasteiger partial charge in [-0.15, -0.1) is 0 Å². The molecule has 1 aromatic carbocycles. The maximum Gasteiger partial charge on any atom is 0.328 e. The first-order valence-electron chi connectivity index (χ1n) is 7.51. The number of esters is 1. The summed E-state index contributed by atoms with van der Waals surface area (Å²) in [6.07, 6.45) is 0.672. The number of carbonyl (C=O) groups excluding carboxylic acids is 2. The van der Waals surface area contributed by atoms with Crippen LogP contribution in [0.1, 0.15) is 28.8 Å². The molecule has 4 N–H and O–H groups in total. The molecule has 0 heterocycles. The minimum atomic E-state index is -0.915. The van der Waals surface area contributed by atoms with Gasteiger partial charge in [-0.2, -0.15) is 0 Å². The Bertz CT molecular complexity index is 644. The fraction of sp³-hybridized carbons (Fsp3) is 0.400. The van der Waals surface area contributed by atoms with Crippen molar-refractivity contribution in [3.63, 3.8) is 0 Å². The van der Waals surface area contributed by atoms with Gasteiger partial charge >= 0.3 is 5.97 Å². The first-order chi connectivity index (χ1) is 11.8. The van der Waals surface area contributed by atoms with Gasteiger partial charge in [-0.3, -0.25) is 4.79 Å². The fourth-order valence-electron chi connectivity index (χ4n) is 1.98. The summed E-state index contributed by atoms with van der Waals surface area (Å²) in [7, 11) is 1.23. The van der Waals surface area contributed by atoms with Gasteiger partial charge in [0.25, 0.3) is 11.9 Å². The number of guanidine groups is 1. The standard InChI is InChI=1S/C15H21N5O5/c1-10-5-7-11(8-6-10)13(21)18-12(14(22)25-2)4-3-9-17-15(16)19-20(23)24/h5-8,12H,3-4,9H2,1-2H3,(H,18,21)(H3,16,17,19)/t12-/m0/s1. The monoisotopic (exact) mass is 351 g/mol. The van der Waals surface area contributed by atoms with Crippen molar-refractivity contribution in [2.24, 2.45) is 10.8 Å². The number of amides is 1. The van der Waals surface area contributed by atoms with Crippen molar-refractivity contribution in [2.75, 3.05) is 13.7 Å². The van der Waals surface area contributed by atoms with E-state index in [0.717, 1.165) is 5.56 Å². The van der Waals surface area contributed by atoms with Crippen molar-refractivity contribution < 1.29 is 19.4 Å². The minimum absolute atomic E-state index is 0.247. The van der Waals surface area contributed by atoms with Gasteiger partial charge < -0.3 is 21.1 Å². The predicted octanol–water partition coefficient (Wildman–Crippen LogP) is 0.143. The van der Waals surface area contributed by atoms with Crippen molar-refractivity contribution in [3.8, 4) is 0 Å². The normalized spacial score (nSPS) is 12.2. The summed E-state index contributed by atoms with van der Waals surface area (Å²) in [6, 6.07) is 6.08. The third-order valence-corrected chi connectivity index (χ3v) is 3.27. The number of nitrogens with two attached hydrogens (primary N) is 1. The Balaban J connectivity index is 2.57. The zero-order valence-corrected chi connectivity index (χ0v) is 14.0. The van der Waals surface area contributed by atoms with Gasteiger partial charge in [0.05, 0.1) is 7.11 Å². The average molecular weight is 351 g/mol. The number of hydrogen-bond acceptors (Lipinski definition) is 5. The molecule has 0 aliphatic rings. The molecule has 0 aromatic heterocycles. The van der Waals surface area contributed by atoms with Crippen LogP contribution in [0.4, 0.5) is 0 Å². The highest BCUT2D eigenvalue weighted by molar-refractivity contribution is 5.96. The van der Waals surface area contributed by atoms with E-state index in [9.17, 15) is 19.7 Å². The SMILES string of the molecule is COC(=O)[C@H](CCCN/C(N)=N\[N+](=O)[O-])NC(=O)c1ccc(C)cc1. The molecule has 1 atom stereocenters. The van der Waals surface area contributed by atoms with Crippen LogP contribution < -0.4 is 16.4 Å². The number of rotatable bonds is 8. The van der Waals surface area contributed by atoms with E-state index in [0.29, 0.717) is 12.0 Å². The van der Waals surface area contributed by atoms with E-state index < -0.39 is 23.0 Å². The van der Waals surface area contributed by atoms with Gasteiger partial charge in [0, 0.05) is 12.1 Å². The van der Waals surface area contributed by atoms with Gasteiger partial charge in [-0.25, -0.2) is 14.9 Å². The van der Waals surface area contributed by atoms with Crippen LogP contribution in [-0.4, -0.2) is 42.6 Å². The summed E-state index contributed by atoms with van der Waals surface area (Å²) in [5.41, 5.74) is 6.73. The maximum atomic E-state index is 12.2. The first-order valence-corrected chi connectivity index (χ1v) is 7.51. The van der Waals surface area contributed by atoms with E-state index >= 15 is 0 Å². The zero-order valence-electron chi connectivity index (χ0n) is 14.0. The second-order valence-electron chi connectivity index (χ2n) is 5.21. The van der Waals surface area contributed by atoms with Crippen molar-refractivity contribution in [1.29, 1.82) is 0 Å². The quantitative estimate of drug-likeness (QED) is 0.151. The van der Waals surface area contributed by atoms with E-state index in [1.54, 1.807) is 24.3 Å². The fourth-order valence-corrected chi connectivity index (χ4v) is 1.98. The van der Waals surface area contributed by atoms with E-state index in [2.05, 4.69) is 20.5 Å². The number of nitro groups is 1. The lowest BCUT2D eigenvalue weighted by Gasteiger charge is -2.16. The van der Waals surface area contributed by atoms with Crippen LogP contribution in [0.5, 0.6) is 0 Å². The lowest BCUT2D eigenvalue weighted by Crippen LogP contribution is -2.42. The summed E-state index contributed by atoms with van der Waals surface area (Å²) >= 11 is 0. The number of aryl methyl sites for hydroxylation is 1. The Kier molecular flexibility index (Phi) is 7.83. The van der Waals surface area contributed by atoms with Crippen LogP contribution >= 0.6 is 0 Å². The van der Waals surface area contributed by atoms with Crippen molar-refractivity contribution in [1.82, 2.24) is 10.6 Å². The maximum absolute atomic E-state index is 12.2. The summed E-state index contributed by atoms with van der Waals surface area (Å²) in [5.74, 6) is -1.30. The zero-order chi connectivity index (χ0) is 18.8. The summed E-state index contributed by atoms with van der Waals surface area (Å²) in [6.45, 7) is 2.15. The van der Waals surface area contributed by atoms with Crippen molar-refractivity contribution in [2.45, 2.75) is 25.8 Å². The first kappa shape index (κ1) is 19.9. The van der Waals surface area contributed by atoms with Crippen LogP contribution in [0.25, 0.3) is 0 Å². The Morgan fingerprint density at radius 3 is 2.56 bits per heavy atom. The van der Waals surface area contributed by atoms with Crippen molar-refractivity contribution in [3.05, 3.63) is 45.5 Å². The van der Waals surface area contributed by atoms with Crippen molar-refractivity contribution >= 4 is 17.8 Å². The third-order valence-electron chi connectivity index (χ3n) is 3.27. The lowest BCUT2D eigenvalue weighted by molar-refractivity contribution is -0.485. The van der Waals surface area contributed by atoms with Gasteiger partial charge in [-0.05, 0) is 31.9 Å². The number of methoxy groups -OCH3 is 1. The molecule has 25 heavy (non-hydrogen) atoms.